The van der Waals surface area contributed by atoms with Gasteiger partial charge in [-0.15, -0.1) is 12.3 Å². The van der Waals surface area contributed by atoms with Gasteiger partial charge in [-0.25, -0.2) is 4.98 Å². The average molecular weight is 252 g/mol. The van der Waals surface area contributed by atoms with E-state index in [1.807, 2.05) is 24.3 Å². The molecule has 0 spiro atoms. The Morgan fingerprint density at radius 2 is 2.16 bits per heavy atom. The largest absolute Gasteiger partial charge is 0.383 e. The number of rotatable bonds is 1. The number of para-hydroxylation sites is 1. The molecule has 0 aliphatic carbocycles. The number of nitrogen functional groups attached to an aromatic ring is 1. The standard InChI is InChI=1S/C14H12N4O/c1-2-9-7-12(19)18(8-9)14-16-11-6-4-3-5-10(11)13(15)17-14/h1,3-6,9H,7-8H2,(H2,15,16,17). The number of benzene rings is 1. The maximum Gasteiger partial charge on any atom is 0.234 e. The van der Waals surface area contributed by atoms with Crippen molar-refractivity contribution in [3.63, 3.8) is 0 Å². The van der Waals surface area contributed by atoms with Crippen LogP contribution in [0.4, 0.5) is 11.8 Å². The highest BCUT2D eigenvalue weighted by Crippen LogP contribution is 2.25. The zero-order valence-electron chi connectivity index (χ0n) is 10.2. The molecule has 1 aliphatic heterocycles. The minimum absolute atomic E-state index is 0.0577. The summed E-state index contributed by atoms with van der Waals surface area (Å²) in [5.41, 5.74) is 6.63. The number of hydrogen-bond donors (Lipinski definition) is 1. The van der Waals surface area contributed by atoms with Gasteiger partial charge < -0.3 is 5.73 Å². The second kappa shape index (κ2) is 4.25. The van der Waals surface area contributed by atoms with Crippen LogP contribution in [0.1, 0.15) is 6.42 Å². The lowest BCUT2D eigenvalue weighted by molar-refractivity contribution is -0.117. The van der Waals surface area contributed by atoms with Crippen LogP contribution in [0, 0.1) is 18.3 Å². The van der Waals surface area contributed by atoms with E-state index in [0.29, 0.717) is 24.7 Å². The molecular formula is C14H12N4O. The molecule has 2 heterocycles. The molecule has 1 saturated heterocycles. The molecule has 3 rings (SSSR count). The van der Waals surface area contributed by atoms with E-state index in [0.717, 1.165) is 10.9 Å². The summed E-state index contributed by atoms with van der Waals surface area (Å²) in [6.45, 7) is 0.452. The summed E-state index contributed by atoms with van der Waals surface area (Å²) in [5, 5.41) is 0.784. The van der Waals surface area contributed by atoms with Crippen LogP contribution < -0.4 is 10.6 Å². The lowest BCUT2D eigenvalue weighted by Gasteiger charge is -2.14. The number of carbonyl (C=O) groups excluding carboxylic acids is 1. The number of carbonyl (C=O) groups is 1. The molecule has 0 saturated carbocycles. The highest BCUT2D eigenvalue weighted by atomic mass is 16.2. The molecule has 0 bridgehead atoms. The Morgan fingerprint density at radius 1 is 1.37 bits per heavy atom. The van der Waals surface area contributed by atoms with Crippen molar-refractivity contribution < 1.29 is 4.79 Å². The van der Waals surface area contributed by atoms with Crippen molar-refractivity contribution >= 4 is 28.6 Å². The summed E-state index contributed by atoms with van der Waals surface area (Å²) in [6.07, 6.45) is 5.70. The van der Waals surface area contributed by atoms with Gasteiger partial charge in [0, 0.05) is 24.3 Å². The van der Waals surface area contributed by atoms with Crippen LogP contribution in [-0.4, -0.2) is 22.4 Å². The van der Waals surface area contributed by atoms with Gasteiger partial charge in [0.2, 0.25) is 11.9 Å². The van der Waals surface area contributed by atoms with Gasteiger partial charge in [-0.05, 0) is 12.1 Å². The van der Waals surface area contributed by atoms with E-state index in [9.17, 15) is 4.79 Å². The van der Waals surface area contributed by atoms with Crippen LogP contribution in [0.5, 0.6) is 0 Å². The fourth-order valence-corrected chi connectivity index (χ4v) is 2.22. The molecule has 1 unspecified atom stereocenters. The number of nitrogens with zero attached hydrogens (tertiary/aromatic N) is 3. The third-order valence-electron chi connectivity index (χ3n) is 3.22. The molecule has 5 heteroatoms. The van der Waals surface area contributed by atoms with E-state index < -0.39 is 0 Å². The smallest absolute Gasteiger partial charge is 0.234 e. The fraction of sp³-hybridized carbons (Fsp3) is 0.214. The summed E-state index contributed by atoms with van der Waals surface area (Å²) >= 11 is 0. The Morgan fingerprint density at radius 3 is 2.89 bits per heavy atom. The van der Waals surface area contributed by atoms with Gasteiger partial charge in [0.1, 0.15) is 5.82 Å². The average Bonchev–Trinajstić information content (AvgIpc) is 2.80. The Balaban J connectivity index is 2.07. The van der Waals surface area contributed by atoms with E-state index in [2.05, 4.69) is 15.9 Å². The van der Waals surface area contributed by atoms with Crippen molar-refractivity contribution in [3.05, 3.63) is 24.3 Å². The van der Waals surface area contributed by atoms with E-state index in [1.54, 1.807) is 0 Å². The van der Waals surface area contributed by atoms with Crippen LogP contribution in [0.15, 0.2) is 24.3 Å². The fourth-order valence-electron chi connectivity index (χ4n) is 2.22. The van der Waals surface area contributed by atoms with Gasteiger partial charge in [-0.1, -0.05) is 12.1 Å². The molecule has 1 fully saturated rings. The zero-order chi connectivity index (χ0) is 13.4. The van der Waals surface area contributed by atoms with Crippen LogP contribution in [0.2, 0.25) is 0 Å². The van der Waals surface area contributed by atoms with Crippen molar-refractivity contribution in [2.45, 2.75) is 6.42 Å². The predicted octanol–water partition coefficient (Wildman–Crippen LogP) is 1.20. The van der Waals surface area contributed by atoms with Gasteiger partial charge in [-0.2, -0.15) is 4.98 Å². The first-order chi connectivity index (χ1) is 9.19. The molecule has 2 N–H and O–H groups in total. The minimum Gasteiger partial charge on any atom is -0.383 e. The molecule has 94 valence electrons. The number of fused-ring (bicyclic) bond motifs is 1. The molecule has 0 radical (unpaired) electrons. The van der Waals surface area contributed by atoms with Crippen molar-refractivity contribution in [1.29, 1.82) is 0 Å². The highest BCUT2D eigenvalue weighted by Gasteiger charge is 2.31. The Kier molecular flexibility index (Phi) is 2.57. The monoisotopic (exact) mass is 252 g/mol. The van der Waals surface area contributed by atoms with Gasteiger partial charge in [0.05, 0.1) is 5.52 Å². The van der Waals surface area contributed by atoms with E-state index in [4.69, 9.17) is 12.2 Å². The zero-order valence-corrected chi connectivity index (χ0v) is 10.2. The molecule has 1 aliphatic rings. The second-order valence-electron chi connectivity index (χ2n) is 4.50. The molecule has 1 aromatic heterocycles. The van der Waals surface area contributed by atoms with Crippen LogP contribution >= 0.6 is 0 Å². The van der Waals surface area contributed by atoms with E-state index >= 15 is 0 Å². The third kappa shape index (κ3) is 1.87. The normalized spacial score (nSPS) is 18.8. The van der Waals surface area contributed by atoms with E-state index in [-0.39, 0.29) is 11.8 Å². The number of anilines is 2. The maximum atomic E-state index is 11.9. The summed E-state index contributed by atoms with van der Waals surface area (Å²) in [7, 11) is 0. The number of nitrogens with two attached hydrogens (primary N) is 1. The summed E-state index contributed by atoms with van der Waals surface area (Å²) in [5.74, 6) is 3.16. The van der Waals surface area contributed by atoms with Crippen molar-refractivity contribution in [2.75, 3.05) is 17.2 Å². The lowest BCUT2D eigenvalue weighted by Crippen LogP contribution is -2.26. The second-order valence-corrected chi connectivity index (χ2v) is 4.50. The van der Waals surface area contributed by atoms with Gasteiger partial charge in [0.25, 0.3) is 0 Å². The molecule has 1 aromatic carbocycles. The summed E-state index contributed by atoms with van der Waals surface area (Å²) in [6, 6.07) is 7.44. The van der Waals surface area contributed by atoms with Crippen LogP contribution in [0.3, 0.4) is 0 Å². The van der Waals surface area contributed by atoms with Crippen molar-refractivity contribution in [2.24, 2.45) is 5.92 Å². The highest BCUT2D eigenvalue weighted by molar-refractivity contribution is 5.96. The van der Waals surface area contributed by atoms with Gasteiger partial charge in [0.15, 0.2) is 0 Å². The van der Waals surface area contributed by atoms with Crippen molar-refractivity contribution in [3.8, 4) is 12.3 Å². The third-order valence-corrected chi connectivity index (χ3v) is 3.22. The summed E-state index contributed by atoms with van der Waals surface area (Å²) < 4.78 is 0. The van der Waals surface area contributed by atoms with Gasteiger partial charge >= 0.3 is 0 Å². The maximum absolute atomic E-state index is 11.9. The molecule has 19 heavy (non-hydrogen) atoms. The Hall–Kier alpha value is -2.61. The summed E-state index contributed by atoms with van der Waals surface area (Å²) in [4.78, 5) is 22.0. The Labute approximate surface area is 110 Å². The predicted molar refractivity (Wildman–Crippen MR) is 73.2 cm³/mol. The number of aromatic nitrogens is 2. The van der Waals surface area contributed by atoms with Crippen LogP contribution in [-0.2, 0) is 4.79 Å². The first kappa shape index (κ1) is 11.5. The number of terminal acetylenes is 1. The van der Waals surface area contributed by atoms with Crippen molar-refractivity contribution in [1.82, 2.24) is 9.97 Å². The topological polar surface area (TPSA) is 72.1 Å². The first-order valence-electron chi connectivity index (χ1n) is 5.98. The quantitative estimate of drug-likeness (QED) is 0.774. The van der Waals surface area contributed by atoms with Gasteiger partial charge in [-0.3, -0.25) is 9.69 Å². The molecule has 1 amide bonds. The molecule has 2 aromatic rings. The minimum atomic E-state index is -0.0798. The molecule has 1 atom stereocenters. The first-order valence-corrected chi connectivity index (χ1v) is 5.98. The molecular weight excluding hydrogens is 240 g/mol. The SMILES string of the molecule is C#CC1CC(=O)N(c2nc(N)c3ccccc3n2)C1. The number of hydrogen-bond acceptors (Lipinski definition) is 4. The van der Waals surface area contributed by atoms with E-state index in [1.165, 1.54) is 4.90 Å². The Bertz CT molecular complexity index is 704. The number of amides is 1. The molecule has 5 nitrogen and oxygen atoms in total. The lowest BCUT2D eigenvalue weighted by atomic mass is 10.1. The van der Waals surface area contributed by atoms with Crippen LogP contribution in [0.25, 0.3) is 10.9 Å².